The van der Waals surface area contributed by atoms with Crippen molar-refractivity contribution in [2.75, 3.05) is 6.61 Å². The van der Waals surface area contributed by atoms with Crippen LogP contribution in [0.2, 0.25) is 0 Å². The SMILES string of the molecule is CCOC(=O)C1(N)CC(C2CCC2)C1. The van der Waals surface area contributed by atoms with E-state index >= 15 is 0 Å². The Morgan fingerprint density at radius 3 is 2.50 bits per heavy atom. The van der Waals surface area contributed by atoms with E-state index < -0.39 is 5.54 Å². The highest BCUT2D eigenvalue weighted by Gasteiger charge is 2.51. The van der Waals surface area contributed by atoms with E-state index in [9.17, 15) is 4.79 Å². The van der Waals surface area contributed by atoms with Crippen LogP contribution in [0.1, 0.15) is 39.0 Å². The predicted octanol–water partition coefficient (Wildman–Crippen LogP) is 1.46. The van der Waals surface area contributed by atoms with E-state index in [-0.39, 0.29) is 5.97 Å². The number of hydrogen-bond acceptors (Lipinski definition) is 3. The summed E-state index contributed by atoms with van der Waals surface area (Å²) in [4.78, 5) is 11.5. The monoisotopic (exact) mass is 197 g/mol. The first-order valence-electron chi connectivity index (χ1n) is 5.62. The van der Waals surface area contributed by atoms with Gasteiger partial charge >= 0.3 is 5.97 Å². The fraction of sp³-hybridized carbons (Fsp3) is 0.909. The smallest absolute Gasteiger partial charge is 0.326 e. The highest BCUT2D eigenvalue weighted by atomic mass is 16.5. The average Bonchev–Trinajstić information content (AvgIpc) is 1.98. The zero-order chi connectivity index (χ0) is 10.2. The summed E-state index contributed by atoms with van der Waals surface area (Å²) in [6.07, 6.45) is 5.72. The van der Waals surface area contributed by atoms with Crippen molar-refractivity contribution >= 4 is 5.97 Å². The van der Waals surface area contributed by atoms with Gasteiger partial charge in [0, 0.05) is 0 Å². The van der Waals surface area contributed by atoms with E-state index in [0.717, 1.165) is 18.8 Å². The van der Waals surface area contributed by atoms with Gasteiger partial charge in [-0.25, -0.2) is 0 Å². The average molecular weight is 197 g/mol. The zero-order valence-corrected chi connectivity index (χ0v) is 8.79. The molecule has 14 heavy (non-hydrogen) atoms. The normalized spacial score (nSPS) is 37.1. The van der Waals surface area contributed by atoms with Crippen LogP contribution in [-0.2, 0) is 9.53 Å². The van der Waals surface area contributed by atoms with Crippen LogP contribution in [0.15, 0.2) is 0 Å². The summed E-state index contributed by atoms with van der Waals surface area (Å²) in [7, 11) is 0. The molecule has 0 aliphatic heterocycles. The maximum absolute atomic E-state index is 11.5. The highest BCUT2D eigenvalue weighted by molar-refractivity contribution is 5.81. The minimum absolute atomic E-state index is 0.199. The second-order valence-corrected chi connectivity index (χ2v) is 4.74. The van der Waals surface area contributed by atoms with Gasteiger partial charge in [-0.15, -0.1) is 0 Å². The number of nitrogens with two attached hydrogens (primary N) is 1. The van der Waals surface area contributed by atoms with E-state index in [1.165, 1.54) is 19.3 Å². The van der Waals surface area contributed by atoms with Crippen LogP contribution >= 0.6 is 0 Å². The van der Waals surface area contributed by atoms with Gasteiger partial charge in [0.2, 0.25) is 0 Å². The van der Waals surface area contributed by atoms with Crippen LogP contribution in [0.5, 0.6) is 0 Å². The van der Waals surface area contributed by atoms with Gasteiger partial charge in [-0.1, -0.05) is 19.3 Å². The van der Waals surface area contributed by atoms with Gasteiger partial charge in [-0.05, 0) is 31.6 Å². The van der Waals surface area contributed by atoms with Crippen molar-refractivity contribution in [1.29, 1.82) is 0 Å². The van der Waals surface area contributed by atoms with E-state index in [0.29, 0.717) is 12.5 Å². The molecule has 0 heterocycles. The molecule has 2 rings (SSSR count). The van der Waals surface area contributed by atoms with E-state index in [1.807, 2.05) is 6.92 Å². The number of esters is 1. The molecular formula is C11H19NO2. The van der Waals surface area contributed by atoms with Gasteiger partial charge in [0.25, 0.3) is 0 Å². The highest BCUT2D eigenvalue weighted by Crippen LogP contribution is 2.48. The van der Waals surface area contributed by atoms with Gasteiger partial charge in [0.05, 0.1) is 6.61 Å². The van der Waals surface area contributed by atoms with Gasteiger partial charge < -0.3 is 10.5 Å². The van der Waals surface area contributed by atoms with Crippen molar-refractivity contribution < 1.29 is 9.53 Å². The zero-order valence-electron chi connectivity index (χ0n) is 8.79. The van der Waals surface area contributed by atoms with Gasteiger partial charge in [-0.2, -0.15) is 0 Å². The molecule has 0 unspecified atom stereocenters. The van der Waals surface area contributed by atoms with Crippen molar-refractivity contribution in [1.82, 2.24) is 0 Å². The maximum atomic E-state index is 11.5. The molecule has 2 aliphatic rings. The first-order chi connectivity index (χ1) is 6.65. The molecule has 0 spiro atoms. The molecule has 0 aromatic heterocycles. The first kappa shape index (κ1) is 9.97. The van der Waals surface area contributed by atoms with E-state index in [4.69, 9.17) is 10.5 Å². The lowest BCUT2D eigenvalue weighted by molar-refractivity contribution is -0.157. The van der Waals surface area contributed by atoms with Crippen molar-refractivity contribution in [3.8, 4) is 0 Å². The Hall–Kier alpha value is -0.570. The predicted molar refractivity (Wildman–Crippen MR) is 53.6 cm³/mol. The Bertz CT molecular complexity index is 229. The molecule has 2 aliphatic carbocycles. The molecule has 80 valence electrons. The molecule has 2 N–H and O–H groups in total. The lowest BCUT2D eigenvalue weighted by Crippen LogP contribution is -2.60. The van der Waals surface area contributed by atoms with Gasteiger partial charge in [0.15, 0.2) is 0 Å². The van der Waals surface area contributed by atoms with Crippen LogP contribution < -0.4 is 5.73 Å². The molecule has 3 nitrogen and oxygen atoms in total. The fourth-order valence-corrected chi connectivity index (χ4v) is 2.56. The number of ether oxygens (including phenoxy) is 1. The molecule has 0 radical (unpaired) electrons. The van der Waals surface area contributed by atoms with Crippen LogP contribution in [0.4, 0.5) is 0 Å². The third-order valence-electron chi connectivity index (χ3n) is 3.75. The summed E-state index contributed by atoms with van der Waals surface area (Å²) in [6, 6.07) is 0. The quantitative estimate of drug-likeness (QED) is 0.697. The Kier molecular flexibility index (Phi) is 2.52. The summed E-state index contributed by atoms with van der Waals surface area (Å²) in [5.74, 6) is 1.34. The summed E-state index contributed by atoms with van der Waals surface area (Å²) in [6.45, 7) is 2.26. The number of rotatable bonds is 3. The molecular weight excluding hydrogens is 178 g/mol. The number of carbonyl (C=O) groups is 1. The topological polar surface area (TPSA) is 52.3 Å². The van der Waals surface area contributed by atoms with Crippen LogP contribution in [0.25, 0.3) is 0 Å². The van der Waals surface area contributed by atoms with Crippen molar-refractivity contribution in [3.05, 3.63) is 0 Å². The van der Waals surface area contributed by atoms with Gasteiger partial charge in [0.1, 0.15) is 5.54 Å². The summed E-state index contributed by atoms with van der Waals surface area (Å²) >= 11 is 0. The molecule has 0 aromatic rings. The van der Waals surface area contributed by atoms with E-state index in [2.05, 4.69) is 0 Å². The minimum Gasteiger partial charge on any atom is -0.465 e. The van der Waals surface area contributed by atoms with Crippen molar-refractivity contribution in [2.24, 2.45) is 17.6 Å². The molecule has 0 amide bonds. The molecule has 3 heteroatoms. The van der Waals surface area contributed by atoms with Crippen LogP contribution in [0, 0.1) is 11.8 Å². The van der Waals surface area contributed by atoms with Crippen molar-refractivity contribution in [2.45, 2.75) is 44.6 Å². The number of carbonyl (C=O) groups excluding carboxylic acids is 1. The lowest BCUT2D eigenvalue weighted by Gasteiger charge is -2.48. The Labute approximate surface area is 85.0 Å². The van der Waals surface area contributed by atoms with Crippen LogP contribution in [0.3, 0.4) is 0 Å². The maximum Gasteiger partial charge on any atom is 0.326 e. The summed E-state index contributed by atoms with van der Waals surface area (Å²) in [5.41, 5.74) is 5.32. The fourth-order valence-electron chi connectivity index (χ4n) is 2.56. The molecule has 0 saturated heterocycles. The Morgan fingerprint density at radius 2 is 2.07 bits per heavy atom. The Morgan fingerprint density at radius 1 is 1.43 bits per heavy atom. The molecule has 2 saturated carbocycles. The molecule has 0 atom stereocenters. The summed E-state index contributed by atoms with van der Waals surface area (Å²) < 4.78 is 4.96. The second kappa shape index (κ2) is 3.54. The summed E-state index contributed by atoms with van der Waals surface area (Å²) in [5, 5.41) is 0. The molecule has 0 bridgehead atoms. The minimum atomic E-state index is -0.643. The third kappa shape index (κ3) is 1.54. The van der Waals surface area contributed by atoms with Gasteiger partial charge in [-0.3, -0.25) is 4.79 Å². The number of hydrogen-bond donors (Lipinski definition) is 1. The molecule has 2 fully saturated rings. The third-order valence-corrected chi connectivity index (χ3v) is 3.75. The second-order valence-electron chi connectivity index (χ2n) is 4.74. The van der Waals surface area contributed by atoms with Crippen molar-refractivity contribution in [3.63, 3.8) is 0 Å². The standard InChI is InChI=1S/C11H19NO2/c1-2-14-10(13)11(12)6-9(7-11)8-4-3-5-8/h8-9H,2-7,12H2,1H3. The van der Waals surface area contributed by atoms with E-state index in [1.54, 1.807) is 0 Å². The first-order valence-corrected chi connectivity index (χ1v) is 5.62. The molecule has 0 aromatic carbocycles. The van der Waals surface area contributed by atoms with Crippen LogP contribution in [-0.4, -0.2) is 18.1 Å². The lowest BCUT2D eigenvalue weighted by atomic mass is 9.59. The Balaban J connectivity index is 1.81. The largest absolute Gasteiger partial charge is 0.465 e.